The van der Waals surface area contributed by atoms with Gasteiger partial charge < -0.3 is 14.4 Å². The van der Waals surface area contributed by atoms with Crippen molar-refractivity contribution in [2.75, 3.05) is 24.7 Å². The van der Waals surface area contributed by atoms with Crippen LogP contribution in [0.2, 0.25) is 0 Å². The summed E-state index contributed by atoms with van der Waals surface area (Å²) in [5.74, 6) is -0.760. The number of benzene rings is 1. The molecule has 3 fully saturated rings. The molecule has 1 aliphatic carbocycles. The monoisotopic (exact) mass is 546 g/mol. The van der Waals surface area contributed by atoms with Gasteiger partial charge in [-0.15, -0.1) is 0 Å². The van der Waals surface area contributed by atoms with E-state index in [9.17, 15) is 22.0 Å². The molecule has 3 aliphatic rings. The van der Waals surface area contributed by atoms with Crippen molar-refractivity contribution in [2.24, 2.45) is 0 Å². The second-order valence-electron chi connectivity index (χ2n) is 10.4. The number of fused-ring (bicyclic) bond motifs is 1. The standard InChI is InChI=1S/C26H28F2N4O5S/c1-26(7-8-26)38(34,35)30-25(33)22-12-29-24-5-3-18(14-32(22)24)31-13-17(28)11-21(31)20-10-16(27)2-4-23(20)37-19-6-9-36-15-19/h2-5,10,12,14,17,19,21H,6-9,11,13,15H2,1H3,(H,30,33)/t17-,19+,21+/m0/s1. The normalized spacial score (nSPS) is 24.6. The number of sulfonamides is 1. The number of halogens is 2. The first-order valence-corrected chi connectivity index (χ1v) is 14.1. The molecule has 3 aromatic rings. The summed E-state index contributed by atoms with van der Waals surface area (Å²) in [7, 11) is -3.84. The van der Waals surface area contributed by atoms with Gasteiger partial charge in [-0.2, -0.15) is 0 Å². The molecule has 1 saturated carbocycles. The number of carbonyl (C=O) groups excluding carboxylic acids is 1. The molecule has 4 heterocycles. The van der Waals surface area contributed by atoms with Crippen LogP contribution in [0.15, 0.2) is 42.7 Å². The van der Waals surface area contributed by atoms with Crippen molar-refractivity contribution < 1.29 is 31.5 Å². The molecular formula is C26H28F2N4O5S. The summed E-state index contributed by atoms with van der Waals surface area (Å²) in [6.07, 6.45) is 3.44. The summed E-state index contributed by atoms with van der Waals surface area (Å²) in [5, 5.41) is 0. The van der Waals surface area contributed by atoms with Gasteiger partial charge >= 0.3 is 0 Å². The summed E-state index contributed by atoms with van der Waals surface area (Å²) >= 11 is 0. The minimum Gasteiger partial charge on any atom is -0.488 e. The maximum absolute atomic E-state index is 14.9. The van der Waals surface area contributed by atoms with Crippen LogP contribution in [0.4, 0.5) is 14.5 Å². The van der Waals surface area contributed by atoms with Gasteiger partial charge in [0.05, 0.1) is 35.9 Å². The van der Waals surface area contributed by atoms with Gasteiger partial charge in [-0.05, 0) is 50.1 Å². The molecule has 1 N–H and O–H groups in total. The lowest BCUT2D eigenvalue weighted by molar-refractivity contribution is 0.0975. The molecular weight excluding hydrogens is 518 g/mol. The van der Waals surface area contributed by atoms with Crippen molar-refractivity contribution in [3.05, 3.63) is 59.8 Å². The zero-order chi connectivity index (χ0) is 26.7. The molecule has 1 amide bonds. The van der Waals surface area contributed by atoms with E-state index in [0.717, 1.165) is 0 Å². The predicted molar refractivity (Wildman–Crippen MR) is 135 cm³/mol. The molecule has 2 aliphatic heterocycles. The lowest BCUT2D eigenvalue weighted by atomic mass is 10.0. The molecule has 0 bridgehead atoms. The quantitative estimate of drug-likeness (QED) is 0.484. The molecule has 2 saturated heterocycles. The van der Waals surface area contributed by atoms with E-state index >= 15 is 0 Å². The number of alkyl halides is 1. The van der Waals surface area contributed by atoms with E-state index in [2.05, 4.69) is 9.71 Å². The van der Waals surface area contributed by atoms with Crippen LogP contribution in [0.25, 0.3) is 5.65 Å². The van der Waals surface area contributed by atoms with Gasteiger partial charge in [-0.25, -0.2) is 26.9 Å². The van der Waals surface area contributed by atoms with Crippen molar-refractivity contribution in [2.45, 2.75) is 55.7 Å². The first-order chi connectivity index (χ1) is 18.1. The Morgan fingerprint density at radius 2 is 2.08 bits per heavy atom. The first kappa shape index (κ1) is 25.1. The Balaban J connectivity index is 1.33. The number of nitrogens with zero attached hydrogens (tertiary/aromatic N) is 3. The van der Waals surface area contributed by atoms with Crippen LogP contribution in [0.5, 0.6) is 5.75 Å². The number of nitrogens with one attached hydrogen (secondary N) is 1. The number of pyridine rings is 1. The maximum Gasteiger partial charge on any atom is 0.283 e. The Morgan fingerprint density at radius 3 is 2.82 bits per heavy atom. The molecule has 202 valence electrons. The van der Waals surface area contributed by atoms with Gasteiger partial charge in [-0.3, -0.25) is 9.20 Å². The highest BCUT2D eigenvalue weighted by Gasteiger charge is 2.51. The van der Waals surface area contributed by atoms with E-state index in [4.69, 9.17) is 9.47 Å². The van der Waals surface area contributed by atoms with Gasteiger partial charge in [0, 0.05) is 31.1 Å². The fraction of sp³-hybridized carbons (Fsp3) is 0.462. The first-order valence-electron chi connectivity index (χ1n) is 12.6. The Bertz CT molecular complexity index is 1500. The third kappa shape index (κ3) is 4.49. The fourth-order valence-corrected chi connectivity index (χ4v) is 6.32. The molecule has 0 radical (unpaired) electrons. The van der Waals surface area contributed by atoms with E-state index in [-0.39, 0.29) is 24.8 Å². The number of carbonyl (C=O) groups is 1. The van der Waals surface area contributed by atoms with Crippen LogP contribution in [0.3, 0.4) is 0 Å². The Labute approximate surface area is 218 Å². The van der Waals surface area contributed by atoms with Gasteiger partial charge in [0.1, 0.15) is 35.2 Å². The van der Waals surface area contributed by atoms with Crippen molar-refractivity contribution in [3.63, 3.8) is 0 Å². The minimum absolute atomic E-state index is 0.0400. The number of hydrogen-bond donors (Lipinski definition) is 1. The Hall–Kier alpha value is -3.25. The average Bonchev–Trinajstić information content (AvgIpc) is 3.24. The van der Waals surface area contributed by atoms with E-state index in [1.54, 1.807) is 36.2 Å². The summed E-state index contributed by atoms with van der Waals surface area (Å²) in [4.78, 5) is 19.0. The Morgan fingerprint density at radius 1 is 1.26 bits per heavy atom. The summed E-state index contributed by atoms with van der Waals surface area (Å²) in [6.45, 7) is 2.68. The molecule has 0 spiro atoms. The number of ether oxygens (including phenoxy) is 2. The van der Waals surface area contributed by atoms with Crippen molar-refractivity contribution in [1.29, 1.82) is 0 Å². The van der Waals surface area contributed by atoms with Crippen LogP contribution in [-0.4, -0.2) is 60.5 Å². The number of anilines is 1. The third-order valence-electron chi connectivity index (χ3n) is 7.65. The Kier molecular flexibility index (Phi) is 6.06. The van der Waals surface area contributed by atoms with Gasteiger partial charge in [-0.1, -0.05) is 0 Å². The van der Waals surface area contributed by atoms with E-state index in [1.807, 2.05) is 0 Å². The van der Waals surface area contributed by atoms with Crippen LogP contribution < -0.4 is 14.4 Å². The fourth-order valence-electron chi connectivity index (χ4n) is 5.09. The molecule has 9 nitrogen and oxygen atoms in total. The van der Waals surface area contributed by atoms with E-state index < -0.39 is 38.7 Å². The van der Waals surface area contributed by atoms with Crippen LogP contribution in [-0.2, 0) is 14.8 Å². The molecule has 3 atom stereocenters. The predicted octanol–water partition coefficient (Wildman–Crippen LogP) is 3.54. The highest BCUT2D eigenvalue weighted by atomic mass is 32.2. The van der Waals surface area contributed by atoms with Crippen molar-refractivity contribution in [3.8, 4) is 5.75 Å². The number of amides is 1. The largest absolute Gasteiger partial charge is 0.488 e. The molecule has 2 aromatic heterocycles. The average molecular weight is 547 g/mol. The number of aromatic nitrogens is 2. The zero-order valence-electron chi connectivity index (χ0n) is 20.8. The molecule has 12 heteroatoms. The van der Waals surface area contributed by atoms with Crippen molar-refractivity contribution >= 4 is 27.3 Å². The van der Waals surface area contributed by atoms with Crippen LogP contribution >= 0.6 is 0 Å². The zero-order valence-corrected chi connectivity index (χ0v) is 21.6. The van der Waals surface area contributed by atoms with Gasteiger partial charge in [0.15, 0.2) is 0 Å². The highest BCUT2D eigenvalue weighted by Crippen LogP contribution is 2.43. The number of hydrogen-bond acceptors (Lipinski definition) is 7. The molecule has 38 heavy (non-hydrogen) atoms. The van der Waals surface area contributed by atoms with Crippen molar-refractivity contribution in [1.82, 2.24) is 14.1 Å². The smallest absolute Gasteiger partial charge is 0.283 e. The SMILES string of the molecule is CC1(S(=O)(=O)NC(=O)c2cnc3ccc(N4C[C@@H](F)C[C@@H]4c4cc(F)ccc4O[C@@H]4CCOC4)cn23)CC1. The van der Waals surface area contributed by atoms with Crippen LogP contribution in [0.1, 0.15) is 54.7 Å². The van der Waals surface area contributed by atoms with E-state index in [0.29, 0.717) is 55.1 Å². The maximum atomic E-state index is 14.9. The lowest BCUT2D eigenvalue weighted by Crippen LogP contribution is -2.38. The highest BCUT2D eigenvalue weighted by molar-refractivity contribution is 7.91. The van der Waals surface area contributed by atoms with E-state index in [1.165, 1.54) is 22.7 Å². The molecule has 0 unspecified atom stereocenters. The second-order valence-corrected chi connectivity index (χ2v) is 12.6. The van der Waals surface area contributed by atoms with Gasteiger partial charge in [0.2, 0.25) is 10.0 Å². The second kappa shape index (κ2) is 9.19. The minimum atomic E-state index is -3.84. The summed E-state index contributed by atoms with van der Waals surface area (Å²) < 4.78 is 68.6. The molecule has 1 aromatic carbocycles. The third-order valence-corrected chi connectivity index (χ3v) is 9.81. The number of imidazole rings is 1. The summed E-state index contributed by atoms with van der Waals surface area (Å²) in [5.41, 5.74) is 1.58. The van der Waals surface area contributed by atoms with Crippen LogP contribution in [0, 0.1) is 5.82 Å². The lowest BCUT2D eigenvalue weighted by Gasteiger charge is -2.29. The summed E-state index contributed by atoms with van der Waals surface area (Å²) in [6, 6.07) is 7.16. The topological polar surface area (TPSA) is 102 Å². The number of rotatable bonds is 7. The molecule has 6 rings (SSSR count). The van der Waals surface area contributed by atoms with Gasteiger partial charge in [0.25, 0.3) is 5.91 Å².